The first-order chi connectivity index (χ1) is 5.66. The van der Waals surface area contributed by atoms with Crippen LogP contribution in [-0.4, -0.2) is 28.9 Å². The van der Waals surface area contributed by atoms with Crippen molar-refractivity contribution in [3.63, 3.8) is 0 Å². The molecule has 1 heterocycles. The summed E-state index contributed by atoms with van der Waals surface area (Å²) < 4.78 is 0. The molecule has 0 aromatic rings. The van der Waals surface area contributed by atoms with Gasteiger partial charge in [-0.3, -0.25) is 19.7 Å². The van der Waals surface area contributed by atoms with E-state index in [0.29, 0.717) is 0 Å². The van der Waals surface area contributed by atoms with Crippen LogP contribution in [0.4, 0.5) is 0 Å². The highest BCUT2D eigenvalue weighted by molar-refractivity contribution is 6.61. The monoisotopic (exact) mass is 170 g/mol. The third-order valence-electron chi connectivity index (χ3n) is 1.11. The fraction of sp³-hybridized carbons (Fsp3) is 0.250. The summed E-state index contributed by atoms with van der Waals surface area (Å²) in [6.45, 7) is 0. The van der Waals surface area contributed by atoms with Gasteiger partial charge in [0.15, 0.2) is 12.0 Å². The molecule has 1 aliphatic heterocycles. The summed E-state index contributed by atoms with van der Waals surface area (Å²) in [7, 11) is 0. The first kappa shape index (κ1) is 8.11. The molecule has 1 unspecified atom stereocenters. The second-order valence-corrected chi connectivity index (χ2v) is 1.83. The molecule has 0 N–H and O–H groups in total. The largest absolute Gasteiger partial charge is 0.386 e. The third-order valence-corrected chi connectivity index (χ3v) is 1.11. The van der Waals surface area contributed by atoms with Gasteiger partial charge in [-0.1, -0.05) is 5.11 Å². The minimum Gasteiger partial charge on any atom is -0.296 e. The molecule has 8 nitrogen and oxygen atoms in total. The zero-order chi connectivity index (χ0) is 9.14. The first-order valence-corrected chi connectivity index (χ1v) is 2.77. The third kappa shape index (κ3) is 1.21. The average molecular weight is 170 g/mol. The van der Waals surface area contributed by atoms with E-state index in [0.717, 1.165) is 0 Å². The predicted molar refractivity (Wildman–Crippen MR) is 34.1 cm³/mol. The molecule has 0 radical (unpaired) electrons. The normalized spacial score (nSPS) is 21.8. The van der Waals surface area contributed by atoms with Gasteiger partial charge in [-0.15, -0.1) is 5.10 Å². The number of rotatable bonds is 2. The lowest BCUT2D eigenvalue weighted by molar-refractivity contribution is -0.505. The Balaban J connectivity index is 2.95. The van der Waals surface area contributed by atoms with Crippen molar-refractivity contribution in [1.29, 1.82) is 0 Å². The molecule has 0 saturated heterocycles. The van der Waals surface area contributed by atoms with E-state index in [4.69, 9.17) is 0 Å². The molecule has 62 valence electrons. The van der Waals surface area contributed by atoms with E-state index in [9.17, 15) is 19.7 Å². The van der Waals surface area contributed by atoms with Crippen molar-refractivity contribution in [3.05, 3.63) is 10.1 Å². The minimum atomic E-state index is -1.82. The van der Waals surface area contributed by atoms with Gasteiger partial charge in [-0.05, 0) is 5.22 Å². The Morgan fingerprint density at radius 3 is 2.75 bits per heavy atom. The van der Waals surface area contributed by atoms with Crippen LogP contribution >= 0.6 is 0 Å². The number of Topliss-reactive ketones (excluding diaryl/α,β-unsaturated/α-hetero) is 1. The van der Waals surface area contributed by atoms with Crippen molar-refractivity contribution in [2.45, 2.75) is 6.17 Å². The van der Waals surface area contributed by atoms with E-state index in [1.807, 2.05) is 0 Å². The number of aldehydes is 1. The van der Waals surface area contributed by atoms with Gasteiger partial charge in [0.1, 0.15) is 0 Å². The maximum Gasteiger partial charge on any atom is 0.386 e. The summed E-state index contributed by atoms with van der Waals surface area (Å²) in [6, 6.07) is 0. The Labute approximate surface area is 65.1 Å². The lowest BCUT2D eigenvalue weighted by atomic mass is 10.2. The second kappa shape index (κ2) is 2.95. The molecule has 0 amide bonds. The van der Waals surface area contributed by atoms with Crippen molar-refractivity contribution >= 4 is 17.8 Å². The highest BCUT2D eigenvalue weighted by atomic mass is 16.6. The summed E-state index contributed by atoms with van der Waals surface area (Å²) in [5, 5.41) is 18.9. The van der Waals surface area contributed by atoms with Crippen molar-refractivity contribution in [1.82, 2.24) is 0 Å². The number of hydrogen-bond donors (Lipinski definition) is 0. The van der Waals surface area contributed by atoms with Gasteiger partial charge in [0, 0.05) is 0 Å². The number of nitro groups is 1. The summed E-state index contributed by atoms with van der Waals surface area (Å²) in [4.78, 5) is 30.0. The van der Waals surface area contributed by atoms with Crippen molar-refractivity contribution < 1.29 is 14.5 Å². The predicted octanol–water partition coefficient (Wildman–Crippen LogP) is -0.821. The van der Waals surface area contributed by atoms with Gasteiger partial charge in [0.05, 0.1) is 4.92 Å². The van der Waals surface area contributed by atoms with Crippen molar-refractivity contribution in [3.8, 4) is 0 Å². The number of carbonyl (C=O) groups is 2. The smallest absolute Gasteiger partial charge is 0.296 e. The van der Waals surface area contributed by atoms with Crippen LogP contribution in [-0.2, 0) is 9.59 Å². The number of hydrogen-bond acceptors (Lipinski definition) is 7. The van der Waals surface area contributed by atoms with Crippen molar-refractivity contribution in [2.24, 2.45) is 15.4 Å². The lowest BCUT2D eigenvalue weighted by Gasteiger charge is -2.02. The molecule has 1 aliphatic rings. The maximum absolute atomic E-state index is 10.8. The molecule has 8 heteroatoms. The van der Waals surface area contributed by atoms with Crippen LogP contribution in [0, 0.1) is 10.1 Å². The van der Waals surface area contributed by atoms with Crippen LogP contribution in [0.2, 0.25) is 0 Å². The fourth-order valence-electron chi connectivity index (χ4n) is 0.576. The fourth-order valence-corrected chi connectivity index (χ4v) is 0.576. The molecular weight excluding hydrogens is 168 g/mol. The van der Waals surface area contributed by atoms with Crippen LogP contribution < -0.4 is 0 Å². The summed E-state index contributed by atoms with van der Waals surface area (Å²) >= 11 is 0. The molecule has 1 atom stereocenters. The number of ketones is 1. The molecular formula is C4H2N4O4. The zero-order valence-electron chi connectivity index (χ0n) is 5.58. The van der Waals surface area contributed by atoms with Gasteiger partial charge in [-0.25, -0.2) is 0 Å². The van der Waals surface area contributed by atoms with Gasteiger partial charge in [-0.2, -0.15) is 0 Å². The Morgan fingerprint density at radius 1 is 1.58 bits per heavy atom. The van der Waals surface area contributed by atoms with Crippen LogP contribution in [0.3, 0.4) is 0 Å². The van der Waals surface area contributed by atoms with E-state index in [2.05, 4.69) is 15.4 Å². The van der Waals surface area contributed by atoms with Gasteiger partial charge < -0.3 is 0 Å². The SMILES string of the molecule is O=CC1=NN=NC([N+](=O)[O-])C1=O. The highest BCUT2D eigenvalue weighted by Crippen LogP contribution is 2.03. The molecule has 0 spiro atoms. The summed E-state index contributed by atoms with van der Waals surface area (Å²) in [5.74, 6) is -1.04. The Morgan fingerprint density at radius 2 is 2.25 bits per heavy atom. The highest BCUT2D eigenvalue weighted by Gasteiger charge is 2.35. The van der Waals surface area contributed by atoms with E-state index in [-0.39, 0.29) is 6.29 Å². The standard InChI is InChI=1S/C4H2N4O4/c9-1-2-3(10)4(8(11)12)6-7-5-2/h1,4H. The van der Waals surface area contributed by atoms with Gasteiger partial charge >= 0.3 is 6.17 Å². The molecule has 0 fully saturated rings. The molecule has 12 heavy (non-hydrogen) atoms. The zero-order valence-corrected chi connectivity index (χ0v) is 5.58. The lowest BCUT2D eigenvalue weighted by Crippen LogP contribution is -2.35. The molecule has 1 rings (SSSR count). The first-order valence-electron chi connectivity index (χ1n) is 2.77. The second-order valence-electron chi connectivity index (χ2n) is 1.83. The molecule has 0 aromatic carbocycles. The van der Waals surface area contributed by atoms with E-state index < -0.39 is 22.6 Å². The summed E-state index contributed by atoms with van der Waals surface area (Å²) in [5.41, 5.74) is -0.577. The van der Waals surface area contributed by atoms with E-state index in [1.54, 1.807) is 0 Å². The number of carbonyl (C=O) groups excluding carboxylic acids is 2. The minimum absolute atomic E-state index is 0.108. The average Bonchev–Trinajstić information content (AvgIpc) is 2.04. The van der Waals surface area contributed by atoms with E-state index >= 15 is 0 Å². The van der Waals surface area contributed by atoms with Crippen LogP contribution in [0.1, 0.15) is 0 Å². The Kier molecular flexibility index (Phi) is 1.99. The van der Waals surface area contributed by atoms with Gasteiger partial charge in [0.2, 0.25) is 0 Å². The Bertz CT molecular complexity index is 306. The summed E-state index contributed by atoms with van der Waals surface area (Å²) in [6.07, 6.45) is -1.71. The Hall–Kier alpha value is -1.99. The molecule has 0 bridgehead atoms. The molecule has 0 saturated carbocycles. The molecule has 0 aliphatic carbocycles. The topological polar surface area (TPSA) is 114 Å². The van der Waals surface area contributed by atoms with Crippen LogP contribution in [0.25, 0.3) is 0 Å². The molecule has 0 aromatic heterocycles. The van der Waals surface area contributed by atoms with Gasteiger partial charge in [0.25, 0.3) is 5.78 Å². The number of nitrogens with zero attached hydrogens (tertiary/aromatic N) is 4. The van der Waals surface area contributed by atoms with Crippen molar-refractivity contribution in [2.75, 3.05) is 0 Å². The van der Waals surface area contributed by atoms with Crippen LogP contribution in [0.15, 0.2) is 15.4 Å². The van der Waals surface area contributed by atoms with E-state index in [1.165, 1.54) is 0 Å². The maximum atomic E-state index is 10.8. The quantitative estimate of drug-likeness (QED) is 0.305. The van der Waals surface area contributed by atoms with Crippen LogP contribution in [0.5, 0.6) is 0 Å².